The summed E-state index contributed by atoms with van der Waals surface area (Å²) in [5, 5.41) is 32.4. The summed E-state index contributed by atoms with van der Waals surface area (Å²) >= 11 is 0. The molecule has 23 heavy (non-hydrogen) atoms. The SMILES string of the molecule is Cc1c(NC(C#N)=C(C#N)C#N)cccc1C(=O)NCC(C)C. The zero-order chi connectivity index (χ0) is 17.4. The lowest BCUT2D eigenvalue weighted by Crippen LogP contribution is -2.28. The molecule has 6 nitrogen and oxygen atoms in total. The van der Waals surface area contributed by atoms with Gasteiger partial charge in [-0.1, -0.05) is 19.9 Å². The van der Waals surface area contributed by atoms with Gasteiger partial charge in [-0.3, -0.25) is 4.79 Å². The normalized spacial score (nSPS) is 9.26. The van der Waals surface area contributed by atoms with E-state index in [2.05, 4.69) is 10.6 Å². The lowest BCUT2D eigenvalue weighted by molar-refractivity contribution is 0.0948. The molecule has 0 saturated carbocycles. The smallest absolute Gasteiger partial charge is 0.251 e. The fourth-order valence-electron chi connectivity index (χ4n) is 1.83. The van der Waals surface area contributed by atoms with Crippen molar-refractivity contribution in [3.63, 3.8) is 0 Å². The maximum absolute atomic E-state index is 12.2. The van der Waals surface area contributed by atoms with Crippen LogP contribution >= 0.6 is 0 Å². The molecule has 0 atom stereocenters. The van der Waals surface area contributed by atoms with Gasteiger partial charge in [-0.2, -0.15) is 15.8 Å². The number of carbonyl (C=O) groups excluding carboxylic acids is 1. The highest BCUT2D eigenvalue weighted by molar-refractivity contribution is 5.97. The molecule has 0 unspecified atom stereocenters. The Morgan fingerprint density at radius 1 is 1.17 bits per heavy atom. The number of rotatable bonds is 5. The van der Waals surface area contributed by atoms with E-state index in [9.17, 15) is 4.79 Å². The predicted molar refractivity (Wildman–Crippen MR) is 85.8 cm³/mol. The lowest BCUT2D eigenvalue weighted by atomic mass is 10.0. The van der Waals surface area contributed by atoms with Crippen molar-refractivity contribution in [3.05, 3.63) is 40.6 Å². The van der Waals surface area contributed by atoms with Crippen LogP contribution in [-0.4, -0.2) is 12.5 Å². The van der Waals surface area contributed by atoms with E-state index in [1.54, 1.807) is 43.3 Å². The molecule has 1 aromatic carbocycles. The third-order valence-electron chi connectivity index (χ3n) is 3.09. The molecular weight excluding hydrogens is 290 g/mol. The van der Waals surface area contributed by atoms with Gasteiger partial charge in [-0.15, -0.1) is 0 Å². The average Bonchev–Trinajstić information content (AvgIpc) is 2.54. The second-order valence-corrected chi connectivity index (χ2v) is 5.29. The van der Waals surface area contributed by atoms with Crippen LogP contribution in [0.25, 0.3) is 0 Å². The number of nitrogens with one attached hydrogen (secondary N) is 2. The molecule has 0 aliphatic rings. The van der Waals surface area contributed by atoms with Gasteiger partial charge in [0.05, 0.1) is 0 Å². The average molecular weight is 307 g/mol. The zero-order valence-electron chi connectivity index (χ0n) is 13.3. The zero-order valence-corrected chi connectivity index (χ0v) is 13.3. The molecule has 0 heterocycles. The number of hydrogen-bond acceptors (Lipinski definition) is 5. The number of nitrogens with zero attached hydrogens (tertiary/aromatic N) is 3. The van der Waals surface area contributed by atoms with Crippen LogP contribution in [0.15, 0.2) is 29.5 Å². The molecular formula is C17H17N5O. The molecule has 1 rings (SSSR count). The predicted octanol–water partition coefficient (Wildman–Crippen LogP) is 2.62. The van der Waals surface area contributed by atoms with Crippen LogP contribution in [0.4, 0.5) is 5.69 Å². The van der Waals surface area contributed by atoms with Crippen molar-refractivity contribution >= 4 is 11.6 Å². The number of nitriles is 3. The Morgan fingerprint density at radius 3 is 2.35 bits per heavy atom. The van der Waals surface area contributed by atoms with Gasteiger partial charge in [0.25, 0.3) is 5.91 Å². The molecule has 6 heteroatoms. The van der Waals surface area contributed by atoms with Gasteiger partial charge in [0.15, 0.2) is 5.57 Å². The van der Waals surface area contributed by atoms with E-state index < -0.39 is 0 Å². The summed E-state index contributed by atoms with van der Waals surface area (Å²) in [6.45, 7) is 6.30. The summed E-state index contributed by atoms with van der Waals surface area (Å²) in [5.41, 5.74) is 1.17. The third kappa shape index (κ3) is 4.59. The van der Waals surface area contributed by atoms with Crippen molar-refractivity contribution in [3.8, 4) is 18.2 Å². The fraction of sp³-hybridized carbons (Fsp3) is 0.294. The van der Waals surface area contributed by atoms with E-state index in [1.165, 1.54) is 0 Å². The van der Waals surface area contributed by atoms with Crippen molar-refractivity contribution in [2.45, 2.75) is 20.8 Å². The Hall–Kier alpha value is -3.30. The highest BCUT2D eigenvalue weighted by Gasteiger charge is 2.14. The molecule has 0 saturated heterocycles. The number of benzene rings is 1. The minimum absolute atomic E-state index is 0.141. The topological polar surface area (TPSA) is 112 Å². The minimum Gasteiger partial charge on any atom is -0.352 e. The second kappa shape index (κ2) is 8.22. The molecule has 1 amide bonds. The first-order valence-electron chi connectivity index (χ1n) is 7.04. The van der Waals surface area contributed by atoms with Crippen molar-refractivity contribution in [1.29, 1.82) is 15.8 Å². The van der Waals surface area contributed by atoms with Gasteiger partial charge in [0.1, 0.15) is 23.9 Å². The maximum atomic E-state index is 12.2. The molecule has 0 bridgehead atoms. The van der Waals surface area contributed by atoms with Crippen LogP contribution in [0.1, 0.15) is 29.8 Å². The summed E-state index contributed by atoms with van der Waals surface area (Å²) in [5.74, 6) is 0.130. The van der Waals surface area contributed by atoms with E-state index in [0.29, 0.717) is 29.3 Å². The monoisotopic (exact) mass is 307 g/mol. The Bertz CT molecular complexity index is 741. The first-order valence-corrected chi connectivity index (χ1v) is 7.04. The number of amides is 1. The first kappa shape index (κ1) is 17.8. The number of hydrogen-bond donors (Lipinski definition) is 2. The molecule has 116 valence electrons. The summed E-state index contributed by atoms with van der Waals surface area (Å²) in [6, 6.07) is 10.2. The van der Waals surface area contributed by atoms with Crippen LogP contribution < -0.4 is 10.6 Å². The van der Waals surface area contributed by atoms with E-state index in [1.807, 2.05) is 13.8 Å². The van der Waals surface area contributed by atoms with Gasteiger partial charge < -0.3 is 10.6 Å². The summed E-state index contributed by atoms with van der Waals surface area (Å²) < 4.78 is 0. The number of carbonyl (C=O) groups is 1. The summed E-state index contributed by atoms with van der Waals surface area (Å²) in [6.07, 6.45) is 0. The first-order chi connectivity index (χ1) is 10.9. The van der Waals surface area contributed by atoms with Crippen LogP contribution in [-0.2, 0) is 0 Å². The highest BCUT2D eigenvalue weighted by Crippen LogP contribution is 2.21. The summed E-state index contributed by atoms with van der Waals surface area (Å²) in [4.78, 5) is 12.2. The van der Waals surface area contributed by atoms with Gasteiger partial charge in [-0.25, -0.2) is 0 Å². The molecule has 0 aromatic heterocycles. The van der Waals surface area contributed by atoms with Gasteiger partial charge in [0.2, 0.25) is 0 Å². The standard InChI is InChI=1S/C17H17N5O/c1-11(2)10-21-17(23)14-5-4-6-15(12(14)3)22-16(9-20)13(7-18)8-19/h4-6,11,22H,10H2,1-3H3,(H,21,23). The molecule has 1 aromatic rings. The molecule has 0 radical (unpaired) electrons. The van der Waals surface area contributed by atoms with Crippen molar-refractivity contribution < 1.29 is 4.79 Å². The van der Waals surface area contributed by atoms with Crippen LogP contribution in [0.5, 0.6) is 0 Å². The van der Waals surface area contributed by atoms with Crippen LogP contribution in [0.3, 0.4) is 0 Å². The van der Waals surface area contributed by atoms with Crippen LogP contribution in [0.2, 0.25) is 0 Å². The Kier molecular flexibility index (Phi) is 6.34. The van der Waals surface area contributed by atoms with Crippen molar-refractivity contribution in [2.24, 2.45) is 5.92 Å². The maximum Gasteiger partial charge on any atom is 0.251 e. The minimum atomic E-state index is -0.304. The highest BCUT2D eigenvalue weighted by atomic mass is 16.1. The third-order valence-corrected chi connectivity index (χ3v) is 3.09. The van der Waals surface area contributed by atoms with Crippen molar-refractivity contribution in [1.82, 2.24) is 5.32 Å². The molecule has 0 fully saturated rings. The lowest BCUT2D eigenvalue weighted by Gasteiger charge is -2.13. The van der Waals surface area contributed by atoms with Gasteiger partial charge in [-0.05, 0) is 30.5 Å². The van der Waals surface area contributed by atoms with E-state index in [0.717, 1.165) is 0 Å². The molecule has 0 aliphatic heterocycles. The Labute approximate surface area is 135 Å². The van der Waals surface area contributed by atoms with Crippen molar-refractivity contribution in [2.75, 3.05) is 11.9 Å². The van der Waals surface area contributed by atoms with E-state index in [4.69, 9.17) is 15.8 Å². The van der Waals surface area contributed by atoms with E-state index in [-0.39, 0.29) is 17.2 Å². The molecule has 0 spiro atoms. The Balaban J connectivity index is 3.14. The van der Waals surface area contributed by atoms with Gasteiger partial charge >= 0.3 is 0 Å². The van der Waals surface area contributed by atoms with Crippen LogP contribution in [0, 0.1) is 46.8 Å². The largest absolute Gasteiger partial charge is 0.352 e. The van der Waals surface area contributed by atoms with E-state index >= 15 is 0 Å². The quantitative estimate of drug-likeness (QED) is 0.812. The summed E-state index contributed by atoms with van der Waals surface area (Å²) in [7, 11) is 0. The number of allylic oxidation sites excluding steroid dienone is 2. The second-order valence-electron chi connectivity index (χ2n) is 5.29. The fourth-order valence-corrected chi connectivity index (χ4v) is 1.83. The Morgan fingerprint density at radius 2 is 1.83 bits per heavy atom. The number of anilines is 1. The molecule has 0 aliphatic carbocycles. The van der Waals surface area contributed by atoms with Gasteiger partial charge in [0, 0.05) is 17.8 Å². The molecule has 2 N–H and O–H groups in total.